The van der Waals surface area contributed by atoms with Gasteiger partial charge in [0.1, 0.15) is 0 Å². The maximum Gasteiger partial charge on any atom is 0.302 e. The number of carbonyl (C=O) groups is 2. The van der Waals surface area contributed by atoms with E-state index in [0.717, 1.165) is 7.11 Å². The van der Waals surface area contributed by atoms with Crippen LogP contribution in [-0.2, 0) is 14.3 Å². The zero-order chi connectivity index (χ0) is 13.9. The molecular weight excluding hydrogens is 224 g/mol. The van der Waals surface area contributed by atoms with Gasteiger partial charge in [0.15, 0.2) is 0 Å². The predicted octanol–water partition coefficient (Wildman–Crippen LogP) is 1.57. The summed E-state index contributed by atoms with van der Waals surface area (Å²) in [4.78, 5) is 18.2. The molecule has 1 rings (SSSR count). The number of hydrogen-bond acceptors (Lipinski definition) is 4. The highest BCUT2D eigenvalue weighted by molar-refractivity contribution is 5.65. The van der Waals surface area contributed by atoms with Gasteiger partial charge in [-0.3, -0.25) is 9.59 Å². The molecule has 0 spiro atoms. The fourth-order valence-corrected chi connectivity index (χ4v) is 0.588. The summed E-state index contributed by atoms with van der Waals surface area (Å²) in [6.45, 7) is 3.40. The summed E-state index contributed by atoms with van der Waals surface area (Å²) < 4.78 is 4.40. The minimum absolute atomic E-state index is 0.211. The number of carbonyl (C=O) groups excluding carboxylic acids is 1. The Labute approximate surface area is 102 Å². The molecule has 0 fully saturated rings. The van der Waals surface area contributed by atoms with E-state index in [4.69, 9.17) is 15.0 Å². The number of benzene rings is 1. The van der Waals surface area contributed by atoms with E-state index in [2.05, 4.69) is 4.74 Å². The van der Waals surface area contributed by atoms with Crippen molar-refractivity contribution in [1.82, 2.24) is 0 Å². The zero-order valence-corrected chi connectivity index (χ0v) is 10.4. The average molecular weight is 244 g/mol. The quantitative estimate of drug-likeness (QED) is 0.578. The monoisotopic (exact) mass is 244 g/mol. The predicted molar refractivity (Wildman–Crippen MR) is 65.6 cm³/mol. The Bertz CT molecular complexity index is 209. The molecule has 0 saturated heterocycles. The van der Waals surface area contributed by atoms with Gasteiger partial charge in [0.25, 0.3) is 6.47 Å². The minimum atomic E-state index is -0.250. The molecular formula is C12H20O5. The van der Waals surface area contributed by atoms with Crippen LogP contribution in [0.3, 0.4) is 0 Å². The lowest BCUT2D eigenvalue weighted by Crippen LogP contribution is -1.95. The first-order valence-corrected chi connectivity index (χ1v) is 4.85. The van der Waals surface area contributed by atoms with Crippen LogP contribution in [0.1, 0.15) is 13.8 Å². The van der Waals surface area contributed by atoms with Gasteiger partial charge in [0, 0.05) is 14.0 Å². The molecule has 0 aliphatic carbocycles. The summed E-state index contributed by atoms with van der Waals surface area (Å²) in [6.07, 6.45) is 0. The summed E-state index contributed by atoms with van der Waals surface area (Å²) in [5.41, 5.74) is 0. The molecule has 0 atom stereocenters. The number of rotatable bonds is 1. The van der Waals surface area contributed by atoms with Crippen molar-refractivity contribution in [3.63, 3.8) is 0 Å². The van der Waals surface area contributed by atoms with Crippen LogP contribution >= 0.6 is 0 Å². The van der Waals surface area contributed by atoms with Crippen molar-refractivity contribution in [1.29, 1.82) is 0 Å². The summed E-state index contributed by atoms with van der Waals surface area (Å²) in [5.74, 6) is -0.211. The van der Waals surface area contributed by atoms with E-state index in [0.29, 0.717) is 6.61 Å². The van der Waals surface area contributed by atoms with Crippen LogP contribution in [-0.4, -0.2) is 36.4 Å². The smallest absolute Gasteiger partial charge is 0.302 e. The topological polar surface area (TPSA) is 83.8 Å². The van der Waals surface area contributed by atoms with Crippen molar-refractivity contribution in [2.45, 2.75) is 13.8 Å². The SMILES string of the molecule is CCOC(C)=O.CO.O=CO.c1ccccc1. The third-order valence-corrected chi connectivity index (χ3v) is 1.01. The standard InChI is InChI=1S/C6H6.C4H8O2.CH2O2.CH4O/c1-2-4-6-5-3-1;1-3-6-4(2)5;2-1-3;1-2/h1-6H;3H2,1-2H3;1H,(H,2,3);2H,1H3. The van der Waals surface area contributed by atoms with Crippen molar-refractivity contribution >= 4 is 12.4 Å². The van der Waals surface area contributed by atoms with Gasteiger partial charge in [-0.05, 0) is 6.92 Å². The second-order valence-corrected chi connectivity index (χ2v) is 2.18. The van der Waals surface area contributed by atoms with Crippen LogP contribution < -0.4 is 0 Å². The largest absolute Gasteiger partial charge is 0.483 e. The molecule has 98 valence electrons. The number of carboxylic acid groups (broad SMARTS) is 1. The lowest BCUT2D eigenvalue weighted by atomic mass is 10.4. The number of ether oxygens (including phenoxy) is 1. The zero-order valence-electron chi connectivity index (χ0n) is 10.4. The minimum Gasteiger partial charge on any atom is -0.483 e. The molecule has 1 aromatic carbocycles. The van der Waals surface area contributed by atoms with Gasteiger partial charge in [0.2, 0.25) is 0 Å². The Kier molecular flexibility index (Phi) is 28.6. The number of hydrogen-bond donors (Lipinski definition) is 2. The summed E-state index contributed by atoms with van der Waals surface area (Å²) in [6, 6.07) is 12.0. The second kappa shape index (κ2) is 23.7. The summed E-state index contributed by atoms with van der Waals surface area (Å²) in [5, 5.41) is 13.9. The highest BCUT2D eigenvalue weighted by Crippen LogP contribution is 1.79. The molecule has 5 heteroatoms. The van der Waals surface area contributed by atoms with Crippen molar-refractivity contribution in [3.05, 3.63) is 36.4 Å². The van der Waals surface area contributed by atoms with Gasteiger partial charge in [-0.2, -0.15) is 0 Å². The third-order valence-electron chi connectivity index (χ3n) is 1.01. The lowest BCUT2D eigenvalue weighted by Gasteiger charge is -1.89. The second-order valence-electron chi connectivity index (χ2n) is 2.18. The van der Waals surface area contributed by atoms with Crippen molar-refractivity contribution in [2.75, 3.05) is 13.7 Å². The van der Waals surface area contributed by atoms with Crippen molar-refractivity contribution in [3.8, 4) is 0 Å². The Balaban J connectivity index is -0.000000169. The van der Waals surface area contributed by atoms with Gasteiger partial charge in [-0.15, -0.1) is 0 Å². The van der Waals surface area contributed by atoms with Crippen LogP contribution in [0.2, 0.25) is 0 Å². The average Bonchev–Trinajstić information content (AvgIpc) is 2.35. The fourth-order valence-electron chi connectivity index (χ4n) is 0.588. The number of aliphatic hydroxyl groups is 1. The maximum absolute atomic E-state index is 9.82. The van der Waals surface area contributed by atoms with E-state index in [1.54, 1.807) is 6.92 Å². The van der Waals surface area contributed by atoms with E-state index in [1.807, 2.05) is 36.4 Å². The molecule has 0 aliphatic heterocycles. The van der Waals surface area contributed by atoms with Gasteiger partial charge in [0.05, 0.1) is 6.61 Å². The van der Waals surface area contributed by atoms with Crippen LogP contribution in [0.15, 0.2) is 36.4 Å². The lowest BCUT2D eigenvalue weighted by molar-refractivity contribution is -0.140. The first-order chi connectivity index (χ1) is 8.18. The Hall–Kier alpha value is -1.88. The molecule has 0 aliphatic rings. The molecule has 0 bridgehead atoms. The highest BCUT2D eigenvalue weighted by atomic mass is 16.5. The molecule has 1 aromatic rings. The molecule has 0 radical (unpaired) electrons. The highest BCUT2D eigenvalue weighted by Gasteiger charge is 1.81. The van der Waals surface area contributed by atoms with E-state index in [9.17, 15) is 4.79 Å². The maximum atomic E-state index is 9.82. The molecule has 2 N–H and O–H groups in total. The first-order valence-electron chi connectivity index (χ1n) is 4.85. The molecule has 5 nitrogen and oxygen atoms in total. The molecule has 0 aromatic heterocycles. The Morgan fingerprint density at radius 2 is 1.35 bits per heavy atom. The summed E-state index contributed by atoms with van der Waals surface area (Å²) >= 11 is 0. The molecule has 0 saturated carbocycles. The molecule has 17 heavy (non-hydrogen) atoms. The van der Waals surface area contributed by atoms with Gasteiger partial charge >= 0.3 is 5.97 Å². The van der Waals surface area contributed by atoms with Crippen LogP contribution in [0.25, 0.3) is 0 Å². The van der Waals surface area contributed by atoms with Crippen LogP contribution in [0.4, 0.5) is 0 Å². The van der Waals surface area contributed by atoms with Crippen LogP contribution in [0.5, 0.6) is 0 Å². The third kappa shape index (κ3) is 40.9. The van der Waals surface area contributed by atoms with Gasteiger partial charge in [-0.25, -0.2) is 0 Å². The van der Waals surface area contributed by atoms with Gasteiger partial charge in [-0.1, -0.05) is 36.4 Å². The van der Waals surface area contributed by atoms with Gasteiger partial charge < -0.3 is 14.9 Å². The first kappa shape index (κ1) is 20.5. The van der Waals surface area contributed by atoms with E-state index < -0.39 is 0 Å². The number of esters is 1. The number of aliphatic hydroxyl groups excluding tert-OH is 1. The van der Waals surface area contributed by atoms with E-state index in [-0.39, 0.29) is 12.4 Å². The summed E-state index contributed by atoms with van der Waals surface area (Å²) in [7, 11) is 1.00. The molecule has 0 amide bonds. The van der Waals surface area contributed by atoms with Crippen molar-refractivity contribution < 1.29 is 24.5 Å². The molecule has 0 heterocycles. The Morgan fingerprint density at radius 1 is 1.12 bits per heavy atom. The van der Waals surface area contributed by atoms with E-state index >= 15 is 0 Å². The Morgan fingerprint density at radius 3 is 1.41 bits per heavy atom. The fraction of sp³-hybridized carbons (Fsp3) is 0.333. The molecule has 0 unspecified atom stereocenters. The van der Waals surface area contributed by atoms with E-state index in [1.165, 1.54) is 6.92 Å². The van der Waals surface area contributed by atoms with Crippen molar-refractivity contribution in [2.24, 2.45) is 0 Å². The van der Waals surface area contributed by atoms with Crippen LogP contribution in [0, 0.1) is 0 Å². The normalized spacial score (nSPS) is 6.59.